The molecule has 0 N–H and O–H groups in total. The van der Waals surface area contributed by atoms with Gasteiger partial charge in [0.2, 0.25) is 17.1 Å². The van der Waals surface area contributed by atoms with Gasteiger partial charge in [0.1, 0.15) is 84.8 Å². The van der Waals surface area contributed by atoms with Crippen LogP contribution in [0.15, 0.2) is 347 Å². The molecule has 11 aromatic carbocycles. The van der Waals surface area contributed by atoms with Crippen LogP contribution in [-0.2, 0) is 17.0 Å². The molecule has 0 radical (unpaired) electrons. The number of benzene rings is 11. The standard InChI is InChI=1S/2C42H31N5O.C40H28N6O/c1-24-21-29(28-11-10-19-43-23-28)22-25(2)37(24)38-26(3)46-33-14-9-15-34-39(33)42(47(46)27(38)4)40-35(48-34)18-17-31-30-12-5-6-13-32(30)45(41(31)40)36-16-7-8-20-44(36)42;1-24-22-29(28-17-19-43-20-18-28)23-25(2)37(24)38-26(3)46-33-12-9-13-34-39(33)42(47(46)27(38)4)40-35(48-34)16-15-31-30-10-5-6-11-32(30)45(41(31)40)36-14-7-8-21-44(36)42;1-23-21-26(29-12-6-8-19-41-29)22-42-38(23)35-24(2)45-31-14-10-15-32-36(31)40(46(45)25(35)3)37-33(47-32)18-17-28-27-11-4-5-13-30(27)44(39(28)37)34-16-7-9-20-43(34)40/h2*5-23H,1-4H3;4-22H,1-3H3/q3*+2. The smallest absolute Gasteiger partial charge is 0.397 e. The van der Waals surface area contributed by atoms with E-state index < -0.39 is 17.0 Å². The van der Waals surface area contributed by atoms with Crippen molar-refractivity contribution in [2.45, 2.75) is 93.1 Å². The van der Waals surface area contributed by atoms with E-state index in [9.17, 15) is 0 Å². The third-order valence-corrected chi connectivity index (χ3v) is 32.5. The Labute approximate surface area is 821 Å². The number of rotatable bonds is 6. The van der Waals surface area contributed by atoms with Crippen LogP contribution < -0.4 is 42.0 Å². The summed E-state index contributed by atoms with van der Waals surface area (Å²) in [4.78, 5) is 18.3. The van der Waals surface area contributed by atoms with Crippen LogP contribution in [0.5, 0.6) is 34.5 Å². The van der Waals surface area contributed by atoms with Crippen molar-refractivity contribution in [1.29, 1.82) is 0 Å². The Morgan fingerprint density at radius 3 is 1.03 bits per heavy atom. The van der Waals surface area contributed by atoms with E-state index in [4.69, 9.17) is 19.2 Å². The topological polar surface area (TPSA) is 132 Å². The van der Waals surface area contributed by atoms with Gasteiger partial charge in [-0.25, -0.2) is 0 Å². The number of nitrogens with zero attached hydrogens (tertiary/aromatic N) is 16. The first kappa shape index (κ1) is 79.9. The lowest BCUT2D eigenvalue weighted by molar-refractivity contribution is -0.996. The van der Waals surface area contributed by atoms with Gasteiger partial charge in [-0.1, -0.05) is 123 Å². The Morgan fingerprint density at radius 1 is 0.259 bits per heavy atom. The summed E-state index contributed by atoms with van der Waals surface area (Å²) in [6, 6.07) is 104. The molecule has 0 aliphatic carbocycles. The fraction of sp³-hybridized carbons (Fsp3) is 0.113. The van der Waals surface area contributed by atoms with E-state index in [1.54, 1.807) is 0 Å². The number of hydrogen-bond donors (Lipinski definition) is 0. The Bertz CT molecular complexity index is 9580. The maximum atomic E-state index is 6.87. The summed E-state index contributed by atoms with van der Waals surface area (Å²) < 4.78 is 50.3. The molecule has 19 nitrogen and oxygen atoms in total. The number of aryl methyl sites for hydroxylation is 5. The predicted molar refractivity (Wildman–Crippen MR) is 552 cm³/mol. The van der Waals surface area contributed by atoms with Crippen LogP contribution in [-0.4, -0.2) is 47.7 Å². The van der Waals surface area contributed by atoms with Gasteiger partial charge in [-0.2, -0.15) is 27.4 Å². The Hall–Kier alpha value is -18.1. The predicted octanol–water partition coefficient (Wildman–Crippen LogP) is 23.5. The minimum absolute atomic E-state index is 0.703. The van der Waals surface area contributed by atoms with Gasteiger partial charge in [0.05, 0.1) is 63.8 Å². The zero-order valence-electron chi connectivity index (χ0n) is 80.3. The first-order valence-electron chi connectivity index (χ1n) is 49.1. The second-order valence-corrected chi connectivity index (χ2v) is 39.7. The maximum Gasteiger partial charge on any atom is 0.397 e. The van der Waals surface area contributed by atoms with Crippen LogP contribution in [0.2, 0.25) is 0 Å². The van der Waals surface area contributed by atoms with Crippen molar-refractivity contribution in [3.8, 4) is 136 Å². The molecule has 3 unspecified atom stereocenters. The molecule has 0 bridgehead atoms. The highest BCUT2D eigenvalue weighted by Gasteiger charge is 2.74. The fourth-order valence-corrected chi connectivity index (χ4v) is 27.6. The van der Waals surface area contributed by atoms with Gasteiger partial charge < -0.3 is 14.2 Å². The molecule has 0 fully saturated rings. The second kappa shape index (κ2) is 27.9. The molecule has 13 aromatic heterocycles. The summed E-state index contributed by atoms with van der Waals surface area (Å²) in [5, 5.41) is 7.42. The summed E-state index contributed by atoms with van der Waals surface area (Å²) in [6.07, 6.45) is 18.0. The van der Waals surface area contributed by atoms with E-state index in [0.29, 0.717) is 0 Å². The molecule has 9 aliphatic rings. The number of aromatic nitrogens is 16. The van der Waals surface area contributed by atoms with E-state index in [1.165, 1.54) is 172 Å². The van der Waals surface area contributed by atoms with Crippen LogP contribution in [0.4, 0.5) is 0 Å². The quantitative estimate of drug-likeness (QED) is 0.151. The largest absolute Gasteiger partial charge is 0.456 e. The van der Waals surface area contributed by atoms with Crippen molar-refractivity contribution in [1.82, 2.24) is 47.7 Å². The first-order valence-corrected chi connectivity index (χ1v) is 49.1. The highest BCUT2D eigenvalue weighted by molar-refractivity contribution is 6.14. The van der Waals surface area contributed by atoms with E-state index in [1.807, 2.05) is 61.4 Å². The highest BCUT2D eigenvalue weighted by atomic mass is 16.5. The van der Waals surface area contributed by atoms with Crippen LogP contribution in [0.3, 0.4) is 0 Å². The molecular weight excluding hydrogens is 1760 g/mol. The Balaban J connectivity index is 0.0000000981. The minimum Gasteiger partial charge on any atom is -0.456 e. The number of ether oxygens (including phenoxy) is 3. The van der Waals surface area contributed by atoms with Crippen LogP contribution in [0.25, 0.3) is 167 Å². The number of pyridine rings is 7. The third-order valence-electron chi connectivity index (χ3n) is 32.5. The Morgan fingerprint density at radius 2 is 0.636 bits per heavy atom. The molecule has 33 rings (SSSR count). The summed E-state index contributed by atoms with van der Waals surface area (Å²) in [5.41, 5.74) is 42.7. The molecule has 143 heavy (non-hydrogen) atoms. The maximum absolute atomic E-state index is 6.87. The first-order chi connectivity index (χ1) is 70.1. The molecule has 0 saturated carbocycles. The van der Waals surface area contributed by atoms with Crippen molar-refractivity contribution in [2.75, 3.05) is 0 Å². The van der Waals surface area contributed by atoms with Crippen molar-refractivity contribution in [2.24, 2.45) is 0 Å². The molecule has 3 spiro atoms. The van der Waals surface area contributed by atoms with Gasteiger partial charge in [0, 0.05) is 120 Å². The monoisotopic (exact) mass is 1850 g/mol. The van der Waals surface area contributed by atoms with E-state index in [-0.39, 0.29) is 0 Å². The number of para-hydroxylation sites is 3. The van der Waals surface area contributed by atoms with E-state index in [0.717, 1.165) is 125 Å². The number of fused-ring (bicyclic) bond motifs is 21. The molecule has 3 atom stereocenters. The minimum atomic E-state index is -0.727. The molecule has 9 aliphatic heterocycles. The normalized spacial score (nSPS) is 16.2. The van der Waals surface area contributed by atoms with Gasteiger partial charge in [0.15, 0.2) is 33.2 Å². The zero-order valence-corrected chi connectivity index (χ0v) is 80.3. The van der Waals surface area contributed by atoms with E-state index in [2.05, 4.69) is 432 Å². The molecule has 22 heterocycles. The lowest BCUT2D eigenvalue weighted by atomic mass is 9.83. The average molecular weight is 1850 g/mol. The van der Waals surface area contributed by atoms with E-state index >= 15 is 0 Å². The lowest BCUT2D eigenvalue weighted by Gasteiger charge is -2.33. The summed E-state index contributed by atoms with van der Waals surface area (Å²) in [7, 11) is 0. The van der Waals surface area contributed by atoms with Gasteiger partial charge in [-0.05, 0) is 275 Å². The molecule has 0 saturated heterocycles. The summed E-state index contributed by atoms with van der Waals surface area (Å²) in [5.74, 6) is 8.72. The molecule has 678 valence electrons. The summed E-state index contributed by atoms with van der Waals surface area (Å²) in [6.45, 7) is 24.8. The Kier molecular flexibility index (Phi) is 15.6. The molecular formula is C124H90N16O3+6. The third kappa shape index (κ3) is 9.60. The van der Waals surface area contributed by atoms with Crippen molar-refractivity contribution in [3.05, 3.63) is 442 Å². The van der Waals surface area contributed by atoms with Gasteiger partial charge in [-0.3, -0.25) is 19.9 Å². The van der Waals surface area contributed by atoms with Crippen molar-refractivity contribution >= 4 is 65.4 Å². The molecule has 19 heteroatoms. The lowest BCUT2D eigenvalue weighted by Crippen LogP contribution is -2.77. The second-order valence-electron chi connectivity index (χ2n) is 39.7. The zero-order chi connectivity index (χ0) is 95.3. The summed E-state index contributed by atoms with van der Waals surface area (Å²) >= 11 is 0. The molecule has 0 amide bonds. The van der Waals surface area contributed by atoms with Gasteiger partial charge in [-0.15, -0.1) is 14.0 Å². The highest BCUT2D eigenvalue weighted by Crippen LogP contribution is 2.62. The van der Waals surface area contributed by atoms with Gasteiger partial charge in [0.25, 0.3) is 17.5 Å². The van der Waals surface area contributed by atoms with Crippen molar-refractivity contribution in [3.63, 3.8) is 0 Å². The number of hydrogen-bond acceptors (Lipinski definition) is 7. The van der Waals surface area contributed by atoms with Crippen LogP contribution in [0.1, 0.15) is 95.4 Å². The van der Waals surface area contributed by atoms with Gasteiger partial charge >= 0.3 is 17.0 Å². The van der Waals surface area contributed by atoms with Crippen LogP contribution >= 0.6 is 0 Å². The van der Waals surface area contributed by atoms with Crippen molar-refractivity contribution < 1.29 is 42.0 Å². The fourth-order valence-electron chi connectivity index (χ4n) is 27.6. The molecule has 24 aromatic rings. The SMILES string of the molecule is Cc1cc(-c2ccccn2)cnc1-c1c(C)n2[n+](c1C)C13c4c(cccc4-2)Oc2ccc4c5ccccc5n(c4c21)-c1cccc[n+]13.Cc1cc(-c2cccnc2)cc(C)c1-c1c(C)n2[n+](c1C)C13c4c(cccc4-2)Oc2ccc4c5ccccc5n(c4c21)-c1cccc[n+]13.Cc1cc(-c2ccncc2)cc(C)c1-c1c(C)n2[n+](c1C)C13c4c(cccc4-2)Oc2ccc4c5ccccc5n(c4c21)-c1cccc[n+]13. The average Bonchev–Trinajstić information content (AvgIpc) is 1.49. The van der Waals surface area contributed by atoms with Crippen LogP contribution in [0, 0.1) is 76.2 Å².